The van der Waals surface area contributed by atoms with Crippen LogP contribution in [0.15, 0.2) is 32.7 Å². The van der Waals surface area contributed by atoms with Crippen LogP contribution < -0.4 is 10.6 Å². The number of aromatic nitrogens is 3. The SMILES string of the molecule is CN(C)c1nnc(Sc2ccnc(C(N)=NO)c2)s1. The van der Waals surface area contributed by atoms with Crippen molar-refractivity contribution in [3.8, 4) is 0 Å². The third-order valence-electron chi connectivity index (χ3n) is 2.09. The Morgan fingerprint density at radius 3 is 2.89 bits per heavy atom. The molecule has 0 atom stereocenters. The maximum absolute atomic E-state index is 8.62. The summed E-state index contributed by atoms with van der Waals surface area (Å²) in [5.41, 5.74) is 5.92. The molecular formula is C10H12N6OS2. The first-order valence-corrected chi connectivity index (χ1v) is 6.86. The molecule has 0 unspecified atom stereocenters. The van der Waals surface area contributed by atoms with Crippen LogP contribution in [-0.2, 0) is 0 Å². The first-order valence-electron chi connectivity index (χ1n) is 5.23. The predicted octanol–water partition coefficient (Wildman–Crippen LogP) is 1.24. The van der Waals surface area contributed by atoms with Crippen LogP contribution in [0.3, 0.4) is 0 Å². The molecule has 0 aliphatic rings. The van der Waals surface area contributed by atoms with Crippen LogP contribution in [0.2, 0.25) is 0 Å². The summed E-state index contributed by atoms with van der Waals surface area (Å²) in [5, 5.41) is 20.5. The smallest absolute Gasteiger partial charge is 0.208 e. The fourth-order valence-electron chi connectivity index (χ4n) is 1.19. The number of nitrogens with zero attached hydrogens (tertiary/aromatic N) is 5. The lowest BCUT2D eigenvalue weighted by Crippen LogP contribution is -2.14. The van der Waals surface area contributed by atoms with Crippen LogP contribution in [0.25, 0.3) is 0 Å². The highest BCUT2D eigenvalue weighted by molar-refractivity contribution is 8.01. The Kier molecular flexibility index (Phi) is 4.17. The highest BCUT2D eigenvalue weighted by Gasteiger charge is 2.09. The van der Waals surface area contributed by atoms with E-state index in [4.69, 9.17) is 10.9 Å². The van der Waals surface area contributed by atoms with E-state index in [1.165, 1.54) is 23.1 Å². The van der Waals surface area contributed by atoms with Crippen LogP contribution in [-0.4, -0.2) is 40.3 Å². The van der Waals surface area contributed by atoms with Gasteiger partial charge in [-0.1, -0.05) is 28.3 Å². The quantitative estimate of drug-likeness (QED) is 0.379. The molecular weight excluding hydrogens is 284 g/mol. The standard InChI is InChI=1S/C10H12N6OS2/c1-16(2)9-13-14-10(19-9)18-6-3-4-12-7(5-6)8(11)15-17/h3-5,17H,1-2H3,(H2,11,15). The zero-order chi connectivity index (χ0) is 13.8. The van der Waals surface area contributed by atoms with Gasteiger partial charge in [0.25, 0.3) is 0 Å². The Balaban J connectivity index is 2.18. The summed E-state index contributed by atoms with van der Waals surface area (Å²) < 4.78 is 0.820. The van der Waals surface area contributed by atoms with Gasteiger partial charge in [0.05, 0.1) is 0 Å². The molecule has 0 spiro atoms. The maximum atomic E-state index is 8.62. The predicted molar refractivity (Wildman–Crippen MR) is 75.1 cm³/mol. The van der Waals surface area contributed by atoms with Crippen molar-refractivity contribution in [2.45, 2.75) is 9.24 Å². The number of amidine groups is 1. The molecule has 2 aromatic rings. The van der Waals surface area contributed by atoms with Gasteiger partial charge in [0.2, 0.25) is 5.13 Å². The molecule has 9 heteroatoms. The van der Waals surface area contributed by atoms with Gasteiger partial charge >= 0.3 is 0 Å². The average Bonchev–Trinajstić information content (AvgIpc) is 2.87. The number of anilines is 1. The van der Waals surface area contributed by atoms with E-state index in [1.807, 2.05) is 25.1 Å². The van der Waals surface area contributed by atoms with E-state index >= 15 is 0 Å². The van der Waals surface area contributed by atoms with Crippen LogP contribution >= 0.6 is 23.1 Å². The molecule has 100 valence electrons. The van der Waals surface area contributed by atoms with Crippen molar-refractivity contribution < 1.29 is 5.21 Å². The number of oxime groups is 1. The monoisotopic (exact) mass is 296 g/mol. The van der Waals surface area contributed by atoms with E-state index in [-0.39, 0.29) is 5.84 Å². The van der Waals surface area contributed by atoms with Gasteiger partial charge in [0, 0.05) is 25.2 Å². The highest BCUT2D eigenvalue weighted by atomic mass is 32.2. The van der Waals surface area contributed by atoms with Gasteiger partial charge in [0.1, 0.15) is 5.69 Å². The van der Waals surface area contributed by atoms with Crippen LogP contribution in [0.1, 0.15) is 5.69 Å². The Labute approximate surface area is 118 Å². The van der Waals surface area contributed by atoms with Gasteiger partial charge < -0.3 is 15.8 Å². The molecule has 3 N–H and O–H groups in total. The first kappa shape index (κ1) is 13.6. The molecule has 0 radical (unpaired) electrons. The molecule has 0 fully saturated rings. The van der Waals surface area contributed by atoms with Crippen molar-refractivity contribution in [3.63, 3.8) is 0 Å². The summed E-state index contributed by atoms with van der Waals surface area (Å²) in [5.74, 6) is -0.0197. The minimum atomic E-state index is -0.0197. The molecule has 0 aromatic carbocycles. The fraction of sp³-hybridized carbons (Fsp3) is 0.200. The van der Waals surface area contributed by atoms with Gasteiger partial charge in [-0.05, 0) is 12.1 Å². The van der Waals surface area contributed by atoms with E-state index < -0.39 is 0 Å². The van der Waals surface area contributed by atoms with E-state index in [1.54, 1.807) is 12.3 Å². The molecule has 0 saturated heterocycles. The third kappa shape index (κ3) is 3.32. The van der Waals surface area contributed by atoms with Crippen molar-refractivity contribution in [2.75, 3.05) is 19.0 Å². The molecule has 0 aliphatic carbocycles. The summed E-state index contributed by atoms with van der Waals surface area (Å²) in [6.07, 6.45) is 1.60. The van der Waals surface area contributed by atoms with E-state index in [2.05, 4.69) is 20.3 Å². The van der Waals surface area contributed by atoms with Gasteiger partial charge in [-0.15, -0.1) is 10.2 Å². The van der Waals surface area contributed by atoms with Crippen LogP contribution in [0, 0.1) is 0 Å². The Hall–Kier alpha value is -1.87. The molecule has 0 bridgehead atoms. The average molecular weight is 296 g/mol. The maximum Gasteiger partial charge on any atom is 0.208 e. The Morgan fingerprint density at radius 2 is 2.26 bits per heavy atom. The number of hydrogen-bond acceptors (Lipinski definition) is 8. The molecule has 7 nitrogen and oxygen atoms in total. The van der Waals surface area contributed by atoms with Crippen molar-refractivity contribution in [1.82, 2.24) is 15.2 Å². The van der Waals surface area contributed by atoms with E-state index in [0.717, 1.165) is 14.4 Å². The van der Waals surface area contributed by atoms with Crippen molar-refractivity contribution >= 4 is 34.1 Å². The molecule has 2 heterocycles. The van der Waals surface area contributed by atoms with Crippen LogP contribution in [0.4, 0.5) is 5.13 Å². The molecule has 19 heavy (non-hydrogen) atoms. The van der Waals surface area contributed by atoms with Gasteiger partial charge in [-0.2, -0.15) is 0 Å². The fourth-order valence-corrected chi connectivity index (χ4v) is 2.96. The molecule has 0 amide bonds. The second-order valence-corrected chi connectivity index (χ2v) is 5.99. The summed E-state index contributed by atoms with van der Waals surface area (Å²) in [4.78, 5) is 6.82. The molecule has 0 aliphatic heterocycles. The topological polar surface area (TPSA) is 101 Å². The Bertz CT molecular complexity index is 597. The Morgan fingerprint density at radius 1 is 1.47 bits per heavy atom. The van der Waals surface area contributed by atoms with E-state index in [0.29, 0.717) is 5.69 Å². The molecule has 2 aromatic heterocycles. The second-order valence-electron chi connectivity index (χ2n) is 3.71. The zero-order valence-electron chi connectivity index (χ0n) is 10.3. The summed E-state index contributed by atoms with van der Waals surface area (Å²) in [6.45, 7) is 0. The first-order chi connectivity index (χ1) is 9.10. The lowest BCUT2D eigenvalue weighted by molar-refractivity contribution is 0.318. The third-order valence-corrected chi connectivity index (χ3v) is 4.22. The minimum absolute atomic E-state index is 0.0197. The number of pyridine rings is 1. The normalized spacial score (nSPS) is 11.6. The second kappa shape index (κ2) is 5.85. The number of hydrogen-bond donors (Lipinski definition) is 2. The van der Waals surface area contributed by atoms with Gasteiger partial charge in [-0.25, -0.2) is 0 Å². The summed E-state index contributed by atoms with van der Waals surface area (Å²) in [6, 6.07) is 3.56. The lowest BCUT2D eigenvalue weighted by Gasteiger charge is -2.03. The number of rotatable bonds is 4. The molecule has 2 rings (SSSR count). The summed E-state index contributed by atoms with van der Waals surface area (Å²) >= 11 is 2.95. The number of nitrogens with two attached hydrogens (primary N) is 1. The van der Waals surface area contributed by atoms with Crippen molar-refractivity contribution in [3.05, 3.63) is 24.0 Å². The van der Waals surface area contributed by atoms with Gasteiger partial charge in [-0.3, -0.25) is 4.98 Å². The highest BCUT2D eigenvalue weighted by Crippen LogP contribution is 2.32. The van der Waals surface area contributed by atoms with Crippen molar-refractivity contribution in [1.29, 1.82) is 0 Å². The molecule has 0 saturated carbocycles. The summed E-state index contributed by atoms with van der Waals surface area (Å²) in [7, 11) is 3.83. The lowest BCUT2D eigenvalue weighted by atomic mass is 10.3. The van der Waals surface area contributed by atoms with Gasteiger partial charge in [0.15, 0.2) is 10.2 Å². The van der Waals surface area contributed by atoms with Crippen molar-refractivity contribution in [2.24, 2.45) is 10.9 Å². The minimum Gasteiger partial charge on any atom is -0.409 e. The van der Waals surface area contributed by atoms with Crippen LogP contribution in [0.5, 0.6) is 0 Å². The zero-order valence-corrected chi connectivity index (χ0v) is 11.9. The largest absolute Gasteiger partial charge is 0.409 e. The van der Waals surface area contributed by atoms with E-state index in [9.17, 15) is 0 Å².